The minimum atomic E-state index is -0.960. The van der Waals surface area contributed by atoms with Gasteiger partial charge in [-0.2, -0.15) is 5.10 Å². The highest BCUT2D eigenvalue weighted by Crippen LogP contribution is 2.29. The lowest BCUT2D eigenvalue weighted by atomic mass is 9.97. The molecule has 1 aromatic carbocycles. The van der Waals surface area contributed by atoms with Gasteiger partial charge in [0.1, 0.15) is 17.1 Å². The number of ether oxygens (including phenoxy) is 1. The van der Waals surface area contributed by atoms with Crippen LogP contribution in [0.5, 0.6) is 5.75 Å². The Kier molecular flexibility index (Phi) is 3.06. The molecule has 0 amide bonds. The van der Waals surface area contributed by atoms with Crippen molar-refractivity contribution >= 4 is 11.8 Å². The summed E-state index contributed by atoms with van der Waals surface area (Å²) >= 11 is 0. The molecule has 2 N–H and O–H groups in total. The average molecular weight is 273 g/mol. The summed E-state index contributed by atoms with van der Waals surface area (Å²) in [5.74, 6) is 0.675. The molecule has 3 rings (SSSR count). The molecule has 0 saturated heterocycles. The van der Waals surface area contributed by atoms with E-state index in [1.54, 1.807) is 11.8 Å². The fraction of sp³-hybridized carbons (Fsp3) is 0.286. The van der Waals surface area contributed by atoms with Gasteiger partial charge in [-0.15, -0.1) is 0 Å². The van der Waals surface area contributed by atoms with E-state index in [4.69, 9.17) is 9.84 Å². The molecule has 0 bridgehead atoms. The Labute approximate surface area is 116 Å². The first-order chi connectivity index (χ1) is 9.69. The first kappa shape index (κ1) is 12.5. The minimum absolute atomic E-state index is 0.217. The molecule has 2 heterocycles. The highest BCUT2D eigenvalue weighted by Gasteiger charge is 2.25. The molecule has 0 aliphatic carbocycles. The van der Waals surface area contributed by atoms with Crippen LogP contribution in [0.2, 0.25) is 0 Å². The lowest BCUT2D eigenvalue weighted by Gasteiger charge is -2.25. The maximum absolute atomic E-state index is 11.1. The molecule has 1 unspecified atom stereocenters. The zero-order valence-corrected chi connectivity index (χ0v) is 11.0. The lowest BCUT2D eigenvalue weighted by Crippen LogP contribution is -2.27. The Morgan fingerprint density at radius 2 is 2.40 bits per heavy atom. The fourth-order valence-corrected chi connectivity index (χ4v) is 2.48. The summed E-state index contributed by atoms with van der Waals surface area (Å²) in [5.41, 5.74) is 1.36. The SMILES string of the molecule is COc1cccc(C2CNc3c(C(=O)O)cnn3C2)c1. The number of hydrogen-bond donors (Lipinski definition) is 2. The molecular formula is C14H15N3O3. The van der Waals surface area contributed by atoms with Crippen molar-refractivity contribution in [3.8, 4) is 5.75 Å². The van der Waals surface area contributed by atoms with Gasteiger partial charge in [0.2, 0.25) is 0 Å². The highest BCUT2D eigenvalue weighted by molar-refractivity contribution is 5.93. The van der Waals surface area contributed by atoms with E-state index >= 15 is 0 Å². The molecule has 20 heavy (non-hydrogen) atoms. The topological polar surface area (TPSA) is 76.4 Å². The van der Waals surface area contributed by atoms with Crippen molar-refractivity contribution in [1.29, 1.82) is 0 Å². The van der Waals surface area contributed by atoms with Gasteiger partial charge >= 0.3 is 5.97 Å². The van der Waals surface area contributed by atoms with Crippen molar-refractivity contribution < 1.29 is 14.6 Å². The summed E-state index contributed by atoms with van der Waals surface area (Å²) in [6.07, 6.45) is 1.39. The van der Waals surface area contributed by atoms with Crippen molar-refractivity contribution in [3.63, 3.8) is 0 Å². The van der Waals surface area contributed by atoms with Crippen LogP contribution in [0.25, 0.3) is 0 Å². The average Bonchev–Trinajstić information content (AvgIpc) is 2.90. The minimum Gasteiger partial charge on any atom is -0.497 e. The maximum atomic E-state index is 11.1. The van der Waals surface area contributed by atoms with Crippen LogP contribution < -0.4 is 10.1 Å². The van der Waals surface area contributed by atoms with Crippen LogP contribution >= 0.6 is 0 Å². The first-order valence-electron chi connectivity index (χ1n) is 6.36. The van der Waals surface area contributed by atoms with Crippen molar-refractivity contribution in [2.45, 2.75) is 12.5 Å². The number of anilines is 1. The fourth-order valence-electron chi connectivity index (χ4n) is 2.48. The van der Waals surface area contributed by atoms with Gasteiger partial charge in [0, 0.05) is 12.5 Å². The normalized spacial score (nSPS) is 17.1. The molecule has 1 aliphatic rings. The predicted molar refractivity (Wildman–Crippen MR) is 73.4 cm³/mol. The number of rotatable bonds is 3. The second-order valence-corrected chi connectivity index (χ2v) is 4.75. The predicted octanol–water partition coefficient (Wildman–Crippen LogP) is 1.80. The third kappa shape index (κ3) is 2.09. The van der Waals surface area contributed by atoms with Crippen molar-refractivity contribution in [2.75, 3.05) is 19.0 Å². The van der Waals surface area contributed by atoms with E-state index < -0.39 is 5.97 Å². The van der Waals surface area contributed by atoms with Crippen molar-refractivity contribution in [3.05, 3.63) is 41.6 Å². The second-order valence-electron chi connectivity index (χ2n) is 4.75. The number of nitrogens with one attached hydrogen (secondary N) is 1. The summed E-state index contributed by atoms with van der Waals surface area (Å²) in [6, 6.07) is 7.90. The van der Waals surface area contributed by atoms with Crippen molar-refractivity contribution in [1.82, 2.24) is 9.78 Å². The lowest BCUT2D eigenvalue weighted by molar-refractivity contribution is 0.0697. The van der Waals surface area contributed by atoms with E-state index in [1.165, 1.54) is 6.20 Å². The van der Waals surface area contributed by atoms with Gasteiger partial charge in [0.25, 0.3) is 0 Å². The molecule has 6 nitrogen and oxygen atoms in total. The molecule has 1 atom stereocenters. The number of aromatic nitrogens is 2. The number of fused-ring (bicyclic) bond motifs is 1. The van der Waals surface area contributed by atoms with Crippen LogP contribution in [0.4, 0.5) is 5.82 Å². The Bertz CT molecular complexity index is 651. The van der Waals surface area contributed by atoms with Gasteiger partial charge < -0.3 is 15.2 Å². The number of methoxy groups -OCH3 is 1. The van der Waals surface area contributed by atoms with Crippen molar-refractivity contribution in [2.24, 2.45) is 0 Å². The van der Waals surface area contributed by atoms with Gasteiger partial charge in [0.15, 0.2) is 0 Å². The Morgan fingerprint density at radius 1 is 1.55 bits per heavy atom. The summed E-state index contributed by atoms with van der Waals surface area (Å²) in [4.78, 5) is 11.1. The van der Waals surface area contributed by atoms with Gasteiger partial charge in [-0.3, -0.25) is 0 Å². The molecule has 2 aromatic rings. The molecule has 0 fully saturated rings. The number of benzene rings is 1. The summed E-state index contributed by atoms with van der Waals surface area (Å²) in [5, 5.41) is 16.4. The number of nitrogens with zero attached hydrogens (tertiary/aromatic N) is 2. The summed E-state index contributed by atoms with van der Waals surface area (Å²) < 4.78 is 6.94. The number of aromatic carboxylic acids is 1. The van der Waals surface area contributed by atoms with Crippen LogP contribution in [-0.4, -0.2) is 34.5 Å². The van der Waals surface area contributed by atoms with Crippen LogP contribution in [-0.2, 0) is 6.54 Å². The van der Waals surface area contributed by atoms with Gasteiger partial charge in [0.05, 0.1) is 19.9 Å². The van der Waals surface area contributed by atoms with E-state index in [0.717, 1.165) is 11.3 Å². The number of hydrogen-bond acceptors (Lipinski definition) is 4. The first-order valence-corrected chi connectivity index (χ1v) is 6.36. The molecule has 6 heteroatoms. The molecular weight excluding hydrogens is 258 g/mol. The number of carboxylic acid groups (broad SMARTS) is 1. The smallest absolute Gasteiger partial charge is 0.341 e. The molecule has 1 aliphatic heterocycles. The zero-order chi connectivity index (χ0) is 14.1. The molecule has 0 radical (unpaired) electrons. The molecule has 104 valence electrons. The number of carboxylic acids is 1. The van der Waals surface area contributed by atoms with E-state index in [2.05, 4.69) is 10.4 Å². The van der Waals surface area contributed by atoms with E-state index in [-0.39, 0.29) is 11.5 Å². The van der Waals surface area contributed by atoms with Gasteiger partial charge in [-0.1, -0.05) is 12.1 Å². The van der Waals surface area contributed by atoms with E-state index in [0.29, 0.717) is 18.9 Å². The van der Waals surface area contributed by atoms with E-state index in [9.17, 15) is 4.79 Å². The maximum Gasteiger partial charge on any atom is 0.341 e. The second kappa shape index (κ2) is 4.88. The Hall–Kier alpha value is -2.50. The summed E-state index contributed by atoms with van der Waals surface area (Å²) in [6.45, 7) is 1.34. The van der Waals surface area contributed by atoms with Crippen LogP contribution in [0.3, 0.4) is 0 Å². The monoisotopic (exact) mass is 273 g/mol. The van der Waals surface area contributed by atoms with Crippen LogP contribution in [0.15, 0.2) is 30.5 Å². The van der Waals surface area contributed by atoms with Gasteiger partial charge in [-0.05, 0) is 17.7 Å². The molecule has 0 spiro atoms. The third-order valence-corrected chi connectivity index (χ3v) is 3.54. The Balaban J connectivity index is 1.87. The molecule has 0 saturated carbocycles. The highest BCUT2D eigenvalue weighted by atomic mass is 16.5. The Morgan fingerprint density at radius 3 is 3.15 bits per heavy atom. The standard InChI is InChI=1S/C14H15N3O3/c1-20-11-4-2-3-9(5-11)10-6-15-13-12(14(18)19)7-16-17(13)8-10/h2-5,7,10,15H,6,8H2,1H3,(H,18,19). The van der Waals surface area contributed by atoms with E-state index in [1.807, 2.05) is 24.3 Å². The largest absolute Gasteiger partial charge is 0.497 e. The zero-order valence-electron chi connectivity index (χ0n) is 11.0. The van der Waals surface area contributed by atoms with Gasteiger partial charge in [-0.25, -0.2) is 9.48 Å². The quantitative estimate of drug-likeness (QED) is 0.891. The molecule has 1 aromatic heterocycles. The number of carbonyl (C=O) groups is 1. The van der Waals surface area contributed by atoms with Crippen LogP contribution in [0, 0.1) is 0 Å². The van der Waals surface area contributed by atoms with Crippen LogP contribution in [0.1, 0.15) is 21.8 Å². The third-order valence-electron chi connectivity index (χ3n) is 3.54. The summed E-state index contributed by atoms with van der Waals surface area (Å²) in [7, 11) is 1.64.